The van der Waals surface area contributed by atoms with Crippen LogP contribution in [0.2, 0.25) is 5.02 Å². The van der Waals surface area contributed by atoms with Gasteiger partial charge in [0.1, 0.15) is 0 Å². The fourth-order valence-electron chi connectivity index (χ4n) is 0.974. The van der Waals surface area contributed by atoms with Crippen LogP contribution in [0.5, 0.6) is 0 Å². The van der Waals surface area contributed by atoms with Gasteiger partial charge < -0.3 is 10.5 Å². The predicted molar refractivity (Wildman–Crippen MR) is 61.1 cm³/mol. The summed E-state index contributed by atoms with van der Waals surface area (Å²) in [6, 6.07) is 4.85. The minimum atomic E-state index is -0.511. The molecule has 0 radical (unpaired) electrons. The van der Waals surface area contributed by atoms with Crippen LogP contribution in [0.25, 0.3) is 0 Å². The number of carbonyl (C=O) groups is 1. The standard InChI is InChI=1S/C10H13ClN2O2/c1-2-5-15-10(14)13-9-4-3-7(12)6-8(9)11/h3-4,6H,2,5,12H2,1H3,(H,13,14). The highest BCUT2D eigenvalue weighted by Crippen LogP contribution is 2.23. The van der Waals surface area contributed by atoms with E-state index in [-0.39, 0.29) is 0 Å². The van der Waals surface area contributed by atoms with Crippen LogP contribution in [0.3, 0.4) is 0 Å². The number of nitrogen functional groups attached to an aromatic ring is 1. The topological polar surface area (TPSA) is 64.3 Å². The maximum atomic E-state index is 11.2. The number of halogens is 1. The maximum absolute atomic E-state index is 11.2. The molecule has 0 saturated carbocycles. The third-order valence-electron chi connectivity index (χ3n) is 1.67. The SMILES string of the molecule is CCCOC(=O)Nc1ccc(N)cc1Cl. The van der Waals surface area contributed by atoms with Gasteiger partial charge >= 0.3 is 6.09 Å². The summed E-state index contributed by atoms with van der Waals surface area (Å²) in [5.41, 5.74) is 6.55. The first-order chi connectivity index (χ1) is 7.13. The smallest absolute Gasteiger partial charge is 0.411 e. The molecule has 1 aromatic rings. The van der Waals surface area contributed by atoms with E-state index in [0.717, 1.165) is 6.42 Å². The third-order valence-corrected chi connectivity index (χ3v) is 1.98. The molecule has 0 heterocycles. The van der Waals surface area contributed by atoms with E-state index in [1.807, 2.05) is 6.92 Å². The molecule has 1 aromatic carbocycles. The molecule has 82 valence electrons. The second-order valence-electron chi connectivity index (χ2n) is 3.00. The summed E-state index contributed by atoms with van der Waals surface area (Å²) in [6.07, 6.45) is 0.270. The average molecular weight is 229 g/mol. The number of amides is 1. The van der Waals surface area contributed by atoms with E-state index in [1.54, 1.807) is 18.2 Å². The first-order valence-corrected chi connectivity index (χ1v) is 5.00. The summed E-state index contributed by atoms with van der Waals surface area (Å²) in [4.78, 5) is 11.2. The second-order valence-corrected chi connectivity index (χ2v) is 3.41. The fraction of sp³-hybridized carbons (Fsp3) is 0.300. The van der Waals surface area contributed by atoms with Crippen molar-refractivity contribution < 1.29 is 9.53 Å². The van der Waals surface area contributed by atoms with Crippen molar-refractivity contribution >= 4 is 29.1 Å². The average Bonchev–Trinajstić information content (AvgIpc) is 2.19. The zero-order valence-electron chi connectivity index (χ0n) is 8.42. The van der Waals surface area contributed by atoms with Gasteiger partial charge in [-0.1, -0.05) is 18.5 Å². The van der Waals surface area contributed by atoms with E-state index in [2.05, 4.69) is 5.32 Å². The Morgan fingerprint density at radius 3 is 2.93 bits per heavy atom. The number of ether oxygens (including phenoxy) is 1. The molecule has 0 aliphatic carbocycles. The lowest BCUT2D eigenvalue weighted by Gasteiger charge is -2.07. The number of rotatable bonds is 3. The molecule has 1 rings (SSSR count). The monoisotopic (exact) mass is 228 g/mol. The summed E-state index contributed by atoms with van der Waals surface area (Å²) < 4.78 is 4.84. The Morgan fingerprint density at radius 2 is 2.33 bits per heavy atom. The molecule has 3 N–H and O–H groups in total. The molecular formula is C10H13ClN2O2. The molecule has 4 nitrogen and oxygen atoms in total. The Hall–Kier alpha value is -1.42. The van der Waals surface area contributed by atoms with Crippen molar-refractivity contribution in [2.75, 3.05) is 17.7 Å². The maximum Gasteiger partial charge on any atom is 0.411 e. The number of hydrogen-bond acceptors (Lipinski definition) is 3. The Morgan fingerprint density at radius 1 is 1.60 bits per heavy atom. The normalized spacial score (nSPS) is 9.73. The van der Waals surface area contributed by atoms with Gasteiger partial charge in [0.15, 0.2) is 0 Å². The summed E-state index contributed by atoms with van der Waals surface area (Å²) >= 11 is 5.86. The summed E-state index contributed by atoms with van der Waals surface area (Å²) in [6.45, 7) is 2.31. The van der Waals surface area contributed by atoms with Gasteiger partial charge in [0.25, 0.3) is 0 Å². The van der Waals surface area contributed by atoms with Crippen molar-refractivity contribution in [1.29, 1.82) is 0 Å². The van der Waals surface area contributed by atoms with Gasteiger partial charge in [0.05, 0.1) is 17.3 Å². The molecule has 0 spiro atoms. The molecule has 5 heteroatoms. The van der Waals surface area contributed by atoms with E-state index < -0.39 is 6.09 Å². The van der Waals surface area contributed by atoms with Crippen molar-refractivity contribution in [1.82, 2.24) is 0 Å². The lowest BCUT2D eigenvalue weighted by Crippen LogP contribution is -2.14. The molecule has 0 fully saturated rings. The van der Waals surface area contributed by atoms with Crippen molar-refractivity contribution in [2.45, 2.75) is 13.3 Å². The molecule has 0 aromatic heterocycles. The molecule has 1 amide bonds. The van der Waals surface area contributed by atoms with Gasteiger partial charge in [0, 0.05) is 5.69 Å². The highest BCUT2D eigenvalue weighted by Gasteiger charge is 2.05. The Balaban J connectivity index is 2.60. The van der Waals surface area contributed by atoms with Crippen LogP contribution in [0.4, 0.5) is 16.2 Å². The molecule has 0 atom stereocenters. The molecular weight excluding hydrogens is 216 g/mol. The zero-order valence-corrected chi connectivity index (χ0v) is 9.17. The summed E-state index contributed by atoms with van der Waals surface area (Å²) in [5.74, 6) is 0. The largest absolute Gasteiger partial charge is 0.449 e. The van der Waals surface area contributed by atoms with Gasteiger partial charge in [-0.05, 0) is 24.6 Å². The van der Waals surface area contributed by atoms with Crippen LogP contribution in [0.1, 0.15) is 13.3 Å². The van der Waals surface area contributed by atoms with E-state index in [9.17, 15) is 4.79 Å². The summed E-state index contributed by atoms with van der Waals surface area (Å²) in [5, 5.41) is 2.92. The van der Waals surface area contributed by atoms with Gasteiger partial charge in [0.2, 0.25) is 0 Å². The first kappa shape index (κ1) is 11.7. The molecule has 0 aliphatic rings. The highest BCUT2D eigenvalue weighted by atomic mass is 35.5. The van der Waals surface area contributed by atoms with Crippen LogP contribution < -0.4 is 11.1 Å². The minimum absolute atomic E-state index is 0.387. The van der Waals surface area contributed by atoms with Crippen LogP contribution in [0, 0.1) is 0 Å². The molecule has 15 heavy (non-hydrogen) atoms. The lowest BCUT2D eigenvalue weighted by atomic mass is 10.3. The van der Waals surface area contributed by atoms with Crippen LogP contribution in [-0.2, 0) is 4.74 Å². The van der Waals surface area contributed by atoms with Crippen molar-refractivity contribution in [2.24, 2.45) is 0 Å². The van der Waals surface area contributed by atoms with E-state index >= 15 is 0 Å². The predicted octanol–water partition coefficient (Wildman–Crippen LogP) is 2.88. The minimum Gasteiger partial charge on any atom is -0.449 e. The Kier molecular flexibility index (Phi) is 4.24. The van der Waals surface area contributed by atoms with Crippen LogP contribution in [-0.4, -0.2) is 12.7 Å². The van der Waals surface area contributed by atoms with Gasteiger partial charge in [-0.2, -0.15) is 0 Å². The zero-order chi connectivity index (χ0) is 11.3. The second kappa shape index (κ2) is 5.46. The van der Waals surface area contributed by atoms with Crippen LogP contribution >= 0.6 is 11.6 Å². The van der Waals surface area contributed by atoms with Gasteiger partial charge in [-0.15, -0.1) is 0 Å². The van der Waals surface area contributed by atoms with E-state index in [0.29, 0.717) is 23.0 Å². The van der Waals surface area contributed by atoms with E-state index in [4.69, 9.17) is 22.1 Å². The molecule has 0 aliphatic heterocycles. The van der Waals surface area contributed by atoms with Crippen molar-refractivity contribution in [3.8, 4) is 0 Å². The quantitative estimate of drug-likeness (QED) is 0.782. The lowest BCUT2D eigenvalue weighted by molar-refractivity contribution is 0.161. The van der Waals surface area contributed by atoms with Crippen molar-refractivity contribution in [3.05, 3.63) is 23.2 Å². The van der Waals surface area contributed by atoms with Gasteiger partial charge in [-0.3, -0.25) is 5.32 Å². The molecule has 0 saturated heterocycles. The number of carbonyl (C=O) groups excluding carboxylic acids is 1. The van der Waals surface area contributed by atoms with Crippen molar-refractivity contribution in [3.63, 3.8) is 0 Å². The summed E-state index contributed by atoms with van der Waals surface area (Å²) in [7, 11) is 0. The number of anilines is 2. The number of nitrogens with one attached hydrogen (secondary N) is 1. The van der Waals surface area contributed by atoms with Gasteiger partial charge in [-0.25, -0.2) is 4.79 Å². The Labute approximate surface area is 93.4 Å². The van der Waals surface area contributed by atoms with E-state index in [1.165, 1.54) is 0 Å². The highest BCUT2D eigenvalue weighted by molar-refractivity contribution is 6.33. The Bertz CT molecular complexity index is 355. The number of hydrogen-bond donors (Lipinski definition) is 2. The molecule has 0 unspecified atom stereocenters. The fourth-order valence-corrected chi connectivity index (χ4v) is 1.21. The number of nitrogens with two attached hydrogens (primary N) is 1. The third kappa shape index (κ3) is 3.67. The molecule has 0 bridgehead atoms. The first-order valence-electron chi connectivity index (χ1n) is 4.62. The number of benzene rings is 1. The van der Waals surface area contributed by atoms with Crippen LogP contribution in [0.15, 0.2) is 18.2 Å².